The SMILES string of the molecule is CNC(=O)c1cccc(CNC(=O)c2cc(OC)cc(OC)c2)c1. The summed E-state index contributed by atoms with van der Waals surface area (Å²) < 4.78 is 10.3. The van der Waals surface area contributed by atoms with Crippen LogP contribution in [0.5, 0.6) is 11.5 Å². The number of carbonyl (C=O) groups is 2. The summed E-state index contributed by atoms with van der Waals surface area (Å²) in [5, 5.41) is 5.39. The van der Waals surface area contributed by atoms with Crippen LogP contribution in [0.1, 0.15) is 26.3 Å². The smallest absolute Gasteiger partial charge is 0.251 e. The van der Waals surface area contributed by atoms with Gasteiger partial charge in [0, 0.05) is 30.8 Å². The van der Waals surface area contributed by atoms with Gasteiger partial charge in [0.25, 0.3) is 11.8 Å². The number of hydrogen-bond donors (Lipinski definition) is 2. The van der Waals surface area contributed by atoms with E-state index in [1.807, 2.05) is 6.07 Å². The fraction of sp³-hybridized carbons (Fsp3) is 0.222. The Hall–Kier alpha value is -3.02. The molecule has 0 aliphatic carbocycles. The fourth-order valence-corrected chi connectivity index (χ4v) is 2.19. The first kappa shape index (κ1) is 17.3. The molecule has 0 aliphatic heterocycles. The van der Waals surface area contributed by atoms with Crippen LogP contribution in [-0.2, 0) is 6.54 Å². The summed E-state index contributed by atoms with van der Waals surface area (Å²) in [6, 6.07) is 12.1. The average Bonchev–Trinajstić information content (AvgIpc) is 2.65. The zero-order chi connectivity index (χ0) is 17.5. The Morgan fingerprint density at radius 2 is 1.58 bits per heavy atom. The van der Waals surface area contributed by atoms with Crippen LogP contribution < -0.4 is 20.1 Å². The van der Waals surface area contributed by atoms with Gasteiger partial charge in [-0.1, -0.05) is 12.1 Å². The largest absolute Gasteiger partial charge is 0.497 e. The summed E-state index contributed by atoms with van der Waals surface area (Å²) in [4.78, 5) is 24.0. The molecule has 0 aromatic heterocycles. The molecule has 2 aromatic rings. The highest BCUT2D eigenvalue weighted by atomic mass is 16.5. The second kappa shape index (κ2) is 8.01. The Balaban J connectivity index is 2.09. The van der Waals surface area contributed by atoms with Crippen molar-refractivity contribution in [1.29, 1.82) is 0 Å². The lowest BCUT2D eigenvalue weighted by molar-refractivity contribution is 0.0948. The average molecular weight is 328 g/mol. The summed E-state index contributed by atoms with van der Waals surface area (Å²) in [7, 11) is 4.63. The second-order valence-electron chi connectivity index (χ2n) is 5.06. The van der Waals surface area contributed by atoms with Gasteiger partial charge >= 0.3 is 0 Å². The monoisotopic (exact) mass is 328 g/mol. The molecule has 0 spiro atoms. The second-order valence-corrected chi connectivity index (χ2v) is 5.06. The Bertz CT molecular complexity index is 721. The van der Waals surface area contributed by atoms with E-state index in [1.165, 1.54) is 14.2 Å². The molecule has 0 bridgehead atoms. The van der Waals surface area contributed by atoms with E-state index in [1.54, 1.807) is 43.4 Å². The summed E-state index contributed by atoms with van der Waals surface area (Å²) in [5.41, 5.74) is 1.82. The van der Waals surface area contributed by atoms with Gasteiger partial charge in [0.15, 0.2) is 0 Å². The molecule has 2 aromatic carbocycles. The van der Waals surface area contributed by atoms with Gasteiger partial charge < -0.3 is 20.1 Å². The first-order valence-corrected chi connectivity index (χ1v) is 7.39. The van der Waals surface area contributed by atoms with E-state index in [4.69, 9.17) is 9.47 Å². The summed E-state index contributed by atoms with van der Waals surface area (Å²) in [6.45, 7) is 0.309. The van der Waals surface area contributed by atoms with Gasteiger partial charge in [0.05, 0.1) is 14.2 Å². The third-order valence-corrected chi connectivity index (χ3v) is 3.48. The molecule has 6 nitrogen and oxygen atoms in total. The van der Waals surface area contributed by atoms with E-state index < -0.39 is 0 Å². The summed E-state index contributed by atoms with van der Waals surface area (Å²) >= 11 is 0. The molecular weight excluding hydrogens is 308 g/mol. The topological polar surface area (TPSA) is 76.7 Å². The minimum Gasteiger partial charge on any atom is -0.497 e. The van der Waals surface area contributed by atoms with E-state index in [0.717, 1.165) is 5.56 Å². The van der Waals surface area contributed by atoms with Crippen LogP contribution in [0.3, 0.4) is 0 Å². The molecule has 0 heterocycles. The predicted molar refractivity (Wildman–Crippen MR) is 90.5 cm³/mol. The van der Waals surface area contributed by atoms with Crippen LogP contribution in [0.4, 0.5) is 0 Å². The summed E-state index contributed by atoms with van der Waals surface area (Å²) in [5.74, 6) is 0.667. The van der Waals surface area contributed by atoms with Gasteiger partial charge in [0.2, 0.25) is 0 Å². The lowest BCUT2D eigenvalue weighted by atomic mass is 10.1. The van der Waals surface area contributed by atoms with Crippen molar-refractivity contribution in [3.05, 3.63) is 59.2 Å². The highest BCUT2D eigenvalue weighted by molar-refractivity contribution is 5.95. The number of amides is 2. The van der Waals surface area contributed by atoms with Crippen LogP contribution in [0.25, 0.3) is 0 Å². The number of ether oxygens (including phenoxy) is 2. The molecule has 0 saturated heterocycles. The quantitative estimate of drug-likeness (QED) is 0.850. The third kappa shape index (κ3) is 4.25. The summed E-state index contributed by atoms with van der Waals surface area (Å²) in [6.07, 6.45) is 0. The number of benzene rings is 2. The molecule has 0 unspecified atom stereocenters. The van der Waals surface area contributed by atoms with Crippen molar-refractivity contribution in [1.82, 2.24) is 10.6 Å². The van der Waals surface area contributed by atoms with Gasteiger partial charge in [-0.2, -0.15) is 0 Å². The maximum absolute atomic E-state index is 12.3. The molecule has 0 aliphatic rings. The Morgan fingerprint density at radius 3 is 2.17 bits per heavy atom. The van der Waals surface area contributed by atoms with Gasteiger partial charge in [0.1, 0.15) is 11.5 Å². The highest BCUT2D eigenvalue weighted by Crippen LogP contribution is 2.22. The van der Waals surface area contributed by atoms with Gasteiger partial charge in [-0.3, -0.25) is 9.59 Å². The maximum atomic E-state index is 12.3. The lowest BCUT2D eigenvalue weighted by Crippen LogP contribution is -2.23. The Labute approximate surface area is 140 Å². The minimum atomic E-state index is -0.252. The van der Waals surface area contributed by atoms with Crippen LogP contribution >= 0.6 is 0 Å². The van der Waals surface area contributed by atoms with Crippen molar-refractivity contribution in [2.75, 3.05) is 21.3 Å². The maximum Gasteiger partial charge on any atom is 0.251 e. The van der Waals surface area contributed by atoms with Gasteiger partial charge in [-0.15, -0.1) is 0 Å². The van der Waals surface area contributed by atoms with Crippen molar-refractivity contribution in [2.45, 2.75) is 6.54 Å². The number of rotatable bonds is 6. The van der Waals surface area contributed by atoms with E-state index in [9.17, 15) is 9.59 Å². The lowest BCUT2D eigenvalue weighted by Gasteiger charge is -2.10. The predicted octanol–water partition coefficient (Wildman–Crippen LogP) is 1.99. The van der Waals surface area contributed by atoms with E-state index >= 15 is 0 Å². The van der Waals surface area contributed by atoms with Crippen LogP contribution in [0.2, 0.25) is 0 Å². The third-order valence-electron chi connectivity index (χ3n) is 3.48. The number of carbonyl (C=O) groups excluding carboxylic acids is 2. The highest BCUT2D eigenvalue weighted by Gasteiger charge is 2.10. The molecule has 0 radical (unpaired) electrons. The normalized spacial score (nSPS) is 9.96. The van der Waals surface area contributed by atoms with Gasteiger partial charge in [-0.05, 0) is 29.8 Å². The number of methoxy groups -OCH3 is 2. The molecule has 2 rings (SSSR count). The van der Waals surface area contributed by atoms with Crippen molar-refractivity contribution < 1.29 is 19.1 Å². The molecule has 0 saturated carbocycles. The van der Waals surface area contributed by atoms with Crippen molar-refractivity contribution in [3.63, 3.8) is 0 Å². The zero-order valence-electron chi connectivity index (χ0n) is 13.9. The molecule has 6 heteroatoms. The van der Waals surface area contributed by atoms with Gasteiger partial charge in [-0.25, -0.2) is 0 Å². The number of hydrogen-bond acceptors (Lipinski definition) is 4. The Kier molecular flexibility index (Phi) is 5.78. The standard InChI is InChI=1S/C18H20N2O4/c1-19-17(21)13-6-4-5-12(7-13)11-20-18(22)14-8-15(23-2)10-16(9-14)24-3/h4-10H,11H2,1-3H3,(H,19,21)(H,20,22). The van der Waals surface area contributed by atoms with Crippen molar-refractivity contribution in [3.8, 4) is 11.5 Å². The van der Waals surface area contributed by atoms with Crippen LogP contribution in [0, 0.1) is 0 Å². The van der Waals surface area contributed by atoms with Crippen LogP contribution in [0.15, 0.2) is 42.5 Å². The van der Waals surface area contributed by atoms with Crippen molar-refractivity contribution in [2.24, 2.45) is 0 Å². The molecular formula is C18H20N2O4. The molecule has 2 amide bonds. The molecule has 2 N–H and O–H groups in total. The first-order chi connectivity index (χ1) is 11.6. The van der Waals surface area contributed by atoms with E-state index in [0.29, 0.717) is 29.2 Å². The zero-order valence-corrected chi connectivity index (χ0v) is 13.9. The van der Waals surface area contributed by atoms with Crippen molar-refractivity contribution >= 4 is 11.8 Å². The van der Waals surface area contributed by atoms with E-state index in [2.05, 4.69) is 10.6 Å². The minimum absolute atomic E-state index is 0.166. The molecule has 24 heavy (non-hydrogen) atoms. The molecule has 126 valence electrons. The van der Waals surface area contributed by atoms with E-state index in [-0.39, 0.29) is 11.8 Å². The number of nitrogens with one attached hydrogen (secondary N) is 2. The Morgan fingerprint density at radius 1 is 0.917 bits per heavy atom. The van der Waals surface area contributed by atoms with Crippen LogP contribution in [-0.4, -0.2) is 33.1 Å². The first-order valence-electron chi connectivity index (χ1n) is 7.39. The molecule has 0 atom stereocenters. The molecule has 0 fully saturated rings. The fourth-order valence-electron chi connectivity index (χ4n) is 2.19.